The zero-order chi connectivity index (χ0) is 14.8. The van der Waals surface area contributed by atoms with Crippen molar-refractivity contribution in [2.24, 2.45) is 5.73 Å². The summed E-state index contributed by atoms with van der Waals surface area (Å²) in [5, 5.41) is 5.65. The van der Waals surface area contributed by atoms with E-state index in [1.54, 1.807) is 0 Å². The van der Waals surface area contributed by atoms with Crippen molar-refractivity contribution in [1.82, 2.24) is 0 Å². The van der Waals surface area contributed by atoms with Crippen molar-refractivity contribution in [2.75, 3.05) is 5.32 Å². The summed E-state index contributed by atoms with van der Waals surface area (Å²) in [6.07, 6.45) is 0. The van der Waals surface area contributed by atoms with Crippen molar-refractivity contribution < 1.29 is 0 Å². The molecule has 104 valence electrons. The molecule has 0 spiro atoms. The van der Waals surface area contributed by atoms with Crippen LogP contribution in [0, 0.1) is 3.57 Å². The highest BCUT2D eigenvalue weighted by Gasteiger charge is 2.07. The van der Waals surface area contributed by atoms with Crippen molar-refractivity contribution in [3.05, 3.63) is 69.8 Å². The van der Waals surface area contributed by atoms with Gasteiger partial charge in [0, 0.05) is 25.9 Å². The van der Waals surface area contributed by atoms with Gasteiger partial charge in [0.25, 0.3) is 0 Å². The monoisotopic (exact) mass is 404 g/mol. The maximum Gasteiger partial charge on any atom is 0.104 e. The normalized spacial score (nSPS) is 10.5. The Hall–Kier alpha value is -1.66. The number of hydrogen-bond donors (Lipinski definition) is 2. The van der Waals surface area contributed by atoms with Crippen LogP contribution in [0.4, 0.5) is 11.4 Å². The lowest BCUT2D eigenvalue weighted by molar-refractivity contribution is 1.55. The van der Waals surface area contributed by atoms with E-state index in [0.29, 0.717) is 4.99 Å². The zero-order valence-electron chi connectivity index (χ0n) is 11.1. The van der Waals surface area contributed by atoms with E-state index >= 15 is 0 Å². The molecule has 0 aromatic heterocycles. The van der Waals surface area contributed by atoms with Gasteiger partial charge in [0.2, 0.25) is 0 Å². The van der Waals surface area contributed by atoms with Crippen molar-refractivity contribution in [3.8, 4) is 0 Å². The van der Waals surface area contributed by atoms with E-state index in [9.17, 15) is 0 Å². The molecule has 0 amide bonds. The number of hydrogen-bond acceptors (Lipinski definition) is 2. The Morgan fingerprint density at radius 1 is 0.952 bits per heavy atom. The molecule has 0 saturated heterocycles. The van der Waals surface area contributed by atoms with E-state index < -0.39 is 0 Å². The molecular weight excluding hydrogens is 391 g/mol. The van der Waals surface area contributed by atoms with Crippen LogP contribution in [-0.4, -0.2) is 4.99 Å². The predicted molar refractivity (Wildman–Crippen MR) is 102 cm³/mol. The van der Waals surface area contributed by atoms with Crippen LogP contribution in [0.2, 0.25) is 0 Å². The molecule has 0 aliphatic rings. The van der Waals surface area contributed by atoms with E-state index in [-0.39, 0.29) is 0 Å². The number of rotatable bonds is 3. The average Bonchev–Trinajstić information content (AvgIpc) is 2.47. The molecule has 0 fully saturated rings. The van der Waals surface area contributed by atoms with Crippen LogP contribution in [0.25, 0.3) is 10.8 Å². The van der Waals surface area contributed by atoms with Crippen LogP contribution in [0.5, 0.6) is 0 Å². The van der Waals surface area contributed by atoms with E-state index in [4.69, 9.17) is 18.0 Å². The van der Waals surface area contributed by atoms with Crippen molar-refractivity contribution in [3.63, 3.8) is 0 Å². The third-order valence-electron chi connectivity index (χ3n) is 3.29. The molecule has 0 saturated carbocycles. The first-order chi connectivity index (χ1) is 10.1. The Bertz CT molecular complexity index is 830. The minimum atomic E-state index is 0.423. The first kappa shape index (κ1) is 14.3. The molecule has 0 atom stereocenters. The molecule has 3 aromatic carbocycles. The van der Waals surface area contributed by atoms with Gasteiger partial charge in [0.05, 0.1) is 0 Å². The third-order valence-corrected chi connectivity index (χ3v) is 4.18. The molecule has 3 rings (SSSR count). The summed E-state index contributed by atoms with van der Waals surface area (Å²) >= 11 is 7.44. The molecule has 3 aromatic rings. The fourth-order valence-corrected chi connectivity index (χ4v) is 3.07. The van der Waals surface area contributed by atoms with Gasteiger partial charge in [0.15, 0.2) is 0 Å². The van der Waals surface area contributed by atoms with Crippen LogP contribution in [0.1, 0.15) is 5.56 Å². The fourth-order valence-electron chi connectivity index (χ4n) is 2.34. The van der Waals surface area contributed by atoms with Gasteiger partial charge in [-0.2, -0.15) is 0 Å². The van der Waals surface area contributed by atoms with Gasteiger partial charge in [-0.3, -0.25) is 0 Å². The first-order valence-corrected chi connectivity index (χ1v) is 7.98. The van der Waals surface area contributed by atoms with Crippen LogP contribution in [-0.2, 0) is 0 Å². The zero-order valence-corrected chi connectivity index (χ0v) is 14.1. The summed E-state index contributed by atoms with van der Waals surface area (Å²) < 4.78 is 1.20. The lowest BCUT2D eigenvalue weighted by Gasteiger charge is -2.13. The van der Waals surface area contributed by atoms with Crippen LogP contribution in [0.3, 0.4) is 0 Å². The Kier molecular flexibility index (Phi) is 4.07. The van der Waals surface area contributed by atoms with Gasteiger partial charge >= 0.3 is 0 Å². The fraction of sp³-hybridized carbons (Fsp3) is 0. The molecule has 0 bridgehead atoms. The second-order valence-electron chi connectivity index (χ2n) is 4.71. The summed E-state index contributed by atoms with van der Waals surface area (Å²) in [5.41, 5.74) is 8.84. The third kappa shape index (κ3) is 3.01. The SMILES string of the molecule is NC(=S)c1ccc(Nc2cccc(I)c2)c2ccccc12. The molecule has 4 heteroatoms. The maximum absolute atomic E-state index is 5.81. The number of benzene rings is 3. The van der Waals surface area contributed by atoms with Gasteiger partial charge in [-0.05, 0) is 58.3 Å². The van der Waals surface area contributed by atoms with E-state index in [1.165, 1.54) is 3.57 Å². The number of nitrogens with one attached hydrogen (secondary N) is 1. The van der Waals surface area contributed by atoms with Gasteiger partial charge in [-0.15, -0.1) is 0 Å². The molecule has 0 heterocycles. The average molecular weight is 404 g/mol. The smallest absolute Gasteiger partial charge is 0.104 e. The molecule has 0 aliphatic carbocycles. The van der Waals surface area contributed by atoms with Gasteiger partial charge < -0.3 is 11.1 Å². The number of nitrogens with two attached hydrogens (primary N) is 1. The van der Waals surface area contributed by atoms with Gasteiger partial charge in [-0.1, -0.05) is 42.5 Å². The van der Waals surface area contributed by atoms with Crippen LogP contribution >= 0.6 is 34.8 Å². The van der Waals surface area contributed by atoms with E-state index in [2.05, 4.69) is 52.2 Å². The van der Waals surface area contributed by atoms with E-state index in [0.717, 1.165) is 27.7 Å². The predicted octanol–water partition coefficient (Wildman–Crippen LogP) is 4.82. The molecule has 0 aliphatic heterocycles. The highest BCUT2D eigenvalue weighted by atomic mass is 127. The Balaban J connectivity index is 2.12. The minimum absolute atomic E-state index is 0.423. The first-order valence-electron chi connectivity index (χ1n) is 6.49. The molecule has 21 heavy (non-hydrogen) atoms. The maximum atomic E-state index is 5.81. The minimum Gasteiger partial charge on any atom is -0.389 e. The Morgan fingerprint density at radius 3 is 2.43 bits per heavy atom. The topological polar surface area (TPSA) is 38.0 Å². The number of anilines is 2. The summed E-state index contributed by atoms with van der Waals surface area (Å²) in [4.78, 5) is 0.423. The van der Waals surface area contributed by atoms with Gasteiger partial charge in [0.1, 0.15) is 4.99 Å². The molecule has 3 N–H and O–H groups in total. The quantitative estimate of drug-likeness (QED) is 0.486. The number of halogens is 1. The van der Waals surface area contributed by atoms with Crippen LogP contribution < -0.4 is 11.1 Å². The summed E-state index contributed by atoms with van der Waals surface area (Å²) in [6, 6.07) is 20.4. The van der Waals surface area contributed by atoms with Crippen molar-refractivity contribution >= 4 is 61.9 Å². The standard InChI is InChI=1S/C17H13IN2S/c18-11-4-3-5-12(10-11)20-16-9-8-15(17(19)21)13-6-1-2-7-14(13)16/h1-10,20H,(H2,19,21). The summed E-state index contributed by atoms with van der Waals surface area (Å²) in [6.45, 7) is 0. The number of thiocarbonyl (C=S) groups is 1. The molecular formula is C17H13IN2S. The Morgan fingerprint density at radius 2 is 1.71 bits per heavy atom. The lowest BCUT2D eigenvalue weighted by atomic mass is 10.0. The molecule has 2 nitrogen and oxygen atoms in total. The largest absolute Gasteiger partial charge is 0.389 e. The van der Waals surface area contributed by atoms with Crippen molar-refractivity contribution in [1.29, 1.82) is 0 Å². The van der Waals surface area contributed by atoms with Crippen LogP contribution in [0.15, 0.2) is 60.7 Å². The summed E-state index contributed by atoms with van der Waals surface area (Å²) in [7, 11) is 0. The molecule has 0 unspecified atom stereocenters. The van der Waals surface area contributed by atoms with E-state index in [1.807, 2.05) is 36.4 Å². The highest BCUT2D eigenvalue weighted by Crippen LogP contribution is 2.29. The van der Waals surface area contributed by atoms with Crippen molar-refractivity contribution in [2.45, 2.75) is 0 Å². The summed E-state index contributed by atoms with van der Waals surface area (Å²) in [5.74, 6) is 0. The molecule has 0 radical (unpaired) electrons. The lowest BCUT2D eigenvalue weighted by Crippen LogP contribution is -2.10. The Labute approximate surface area is 142 Å². The second kappa shape index (κ2) is 5.99. The highest BCUT2D eigenvalue weighted by molar-refractivity contribution is 14.1. The second-order valence-corrected chi connectivity index (χ2v) is 6.39. The number of fused-ring (bicyclic) bond motifs is 1. The van der Waals surface area contributed by atoms with Gasteiger partial charge in [-0.25, -0.2) is 0 Å².